The number of aryl methyl sites for hydroxylation is 2. The number of rotatable bonds is 5. The highest BCUT2D eigenvalue weighted by molar-refractivity contribution is 5.95. The highest BCUT2D eigenvalue weighted by atomic mass is 16.1. The van der Waals surface area contributed by atoms with Crippen molar-refractivity contribution in [2.45, 2.75) is 26.3 Å². The second-order valence-electron chi connectivity index (χ2n) is 6.13. The Bertz CT molecular complexity index is 853. The van der Waals surface area contributed by atoms with Gasteiger partial charge in [-0.15, -0.1) is 0 Å². The fourth-order valence-electron chi connectivity index (χ4n) is 2.61. The third kappa shape index (κ3) is 4.09. The highest BCUT2D eigenvalue weighted by Gasteiger charge is 2.13. The molecule has 0 fully saturated rings. The van der Waals surface area contributed by atoms with Gasteiger partial charge in [0, 0.05) is 36.6 Å². The van der Waals surface area contributed by atoms with Gasteiger partial charge in [0.2, 0.25) is 0 Å². The average Bonchev–Trinajstić information content (AvgIpc) is 2.95. The molecule has 0 aliphatic heterocycles. The molecule has 3 rings (SSSR count). The zero-order valence-electron chi connectivity index (χ0n) is 14.6. The Kier molecular flexibility index (Phi) is 4.88. The van der Waals surface area contributed by atoms with Crippen LogP contribution in [0.25, 0.3) is 11.4 Å². The summed E-state index contributed by atoms with van der Waals surface area (Å²) in [5.41, 5.74) is 2.52. The number of carbonyl (C=O) groups excluding carboxylic acids is 1. The van der Waals surface area contributed by atoms with Crippen LogP contribution in [-0.4, -0.2) is 31.7 Å². The Hall–Kier alpha value is -3.02. The van der Waals surface area contributed by atoms with Crippen LogP contribution in [0.1, 0.15) is 28.7 Å². The molecule has 0 saturated heterocycles. The van der Waals surface area contributed by atoms with E-state index in [0.717, 1.165) is 23.4 Å². The normalized spacial score (nSPS) is 12.0. The summed E-state index contributed by atoms with van der Waals surface area (Å²) in [6.07, 6.45) is 4.30. The third-order valence-corrected chi connectivity index (χ3v) is 4.01. The van der Waals surface area contributed by atoms with Gasteiger partial charge < -0.3 is 5.32 Å². The number of hydrogen-bond donors (Lipinski definition) is 1. The minimum Gasteiger partial charge on any atom is -0.349 e. The summed E-state index contributed by atoms with van der Waals surface area (Å²) in [5, 5.41) is 7.39. The number of aromatic nitrogens is 4. The Morgan fingerprint density at radius 1 is 1.28 bits per heavy atom. The van der Waals surface area contributed by atoms with Crippen molar-refractivity contribution < 1.29 is 4.79 Å². The topological polar surface area (TPSA) is 72.7 Å². The molecule has 1 amide bonds. The maximum Gasteiger partial charge on any atom is 0.251 e. The molecule has 3 aromatic rings. The monoisotopic (exact) mass is 335 g/mol. The molecule has 1 unspecified atom stereocenters. The van der Waals surface area contributed by atoms with Crippen LogP contribution in [0.15, 0.2) is 48.8 Å². The van der Waals surface area contributed by atoms with Gasteiger partial charge in [0.25, 0.3) is 5.91 Å². The van der Waals surface area contributed by atoms with E-state index >= 15 is 0 Å². The number of carbonyl (C=O) groups is 1. The molecule has 128 valence electrons. The van der Waals surface area contributed by atoms with E-state index in [1.54, 1.807) is 16.9 Å². The first-order valence-electron chi connectivity index (χ1n) is 8.21. The Labute approximate surface area is 146 Å². The quantitative estimate of drug-likeness (QED) is 0.778. The number of pyridine rings is 1. The van der Waals surface area contributed by atoms with Gasteiger partial charge in [0.15, 0.2) is 5.82 Å². The number of nitrogens with zero attached hydrogens (tertiary/aromatic N) is 4. The summed E-state index contributed by atoms with van der Waals surface area (Å²) in [4.78, 5) is 21.0. The standard InChI is InChI=1S/C19H21N5O/c1-13(10-15-6-5-9-20-12-15)21-19(25)17-8-4-7-16(11-17)18-22-14(2)24(3)23-18/h4-9,11-13H,10H2,1-3H3,(H,21,25). The van der Waals surface area contributed by atoms with E-state index in [2.05, 4.69) is 20.4 Å². The lowest BCUT2D eigenvalue weighted by Gasteiger charge is -2.14. The van der Waals surface area contributed by atoms with E-state index in [1.165, 1.54) is 0 Å². The van der Waals surface area contributed by atoms with Crippen LogP contribution in [0.2, 0.25) is 0 Å². The second kappa shape index (κ2) is 7.25. The van der Waals surface area contributed by atoms with E-state index < -0.39 is 0 Å². The lowest BCUT2D eigenvalue weighted by molar-refractivity contribution is 0.0940. The first-order valence-corrected chi connectivity index (χ1v) is 8.21. The van der Waals surface area contributed by atoms with Crippen LogP contribution in [0.5, 0.6) is 0 Å². The molecule has 1 atom stereocenters. The minimum atomic E-state index is -0.106. The maximum atomic E-state index is 12.5. The van der Waals surface area contributed by atoms with Crippen LogP contribution in [0.3, 0.4) is 0 Å². The summed E-state index contributed by atoms with van der Waals surface area (Å²) in [5.74, 6) is 1.35. The average molecular weight is 335 g/mol. The van der Waals surface area contributed by atoms with E-state index in [1.807, 2.05) is 57.4 Å². The zero-order chi connectivity index (χ0) is 17.8. The van der Waals surface area contributed by atoms with Crippen molar-refractivity contribution in [1.82, 2.24) is 25.1 Å². The molecular weight excluding hydrogens is 314 g/mol. The molecule has 0 aliphatic rings. The molecule has 6 heteroatoms. The summed E-state index contributed by atoms with van der Waals surface area (Å²) in [7, 11) is 1.85. The molecule has 0 aliphatic carbocycles. The third-order valence-electron chi connectivity index (χ3n) is 4.01. The van der Waals surface area contributed by atoms with E-state index in [-0.39, 0.29) is 11.9 Å². The van der Waals surface area contributed by atoms with Crippen LogP contribution >= 0.6 is 0 Å². The van der Waals surface area contributed by atoms with Gasteiger partial charge in [-0.05, 0) is 44.0 Å². The maximum absolute atomic E-state index is 12.5. The van der Waals surface area contributed by atoms with Crippen LogP contribution in [0, 0.1) is 6.92 Å². The smallest absolute Gasteiger partial charge is 0.251 e. The van der Waals surface area contributed by atoms with E-state index in [9.17, 15) is 4.79 Å². The van der Waals surface area contributed by atoms with E-state index in [4.69, 9.17) is 0 Å². The van der Waals surface area contributed by atoms with Crippen LogP contribution in [-0.2, 0) is 13.5 Å². The molecule has 0 bridgehead atoms. The minimum absolute atomic E-state index is 0.00979. The zero-order valence-corrected chi connectivity index (χ0v) is 14.6. The van der Waals surface area contributed by atoms with Crippen LogP contribution in [0.4, 0.5) is 0 Å². The highest BCUT2D eigenvalue weighted by Crippen LogP contribution is 2.17. The first-order chi connectivity index (χ1) is 12.0. The van der Waals surface area contributed by atoms with Gasteiger partial charge in [-0.3, -0.25) is 14.5 Å². The molecule has 6 nitrogen and oxygen atoms in total. The molecule has 2 heterocycles. The summed E-state index contributed by atoms with van der Waals surface area (Å²) in [6, 6.07) is 11.3. The first kappa shape index (κ1) is 16.8. The van der Waals surface area contributed by atoms with Gasteiger partial charge in [-0.25, -0.2) is 4.98 Å². The van der Waals surface area contributed by atoms with Crippen molar-refractivity contribution in [3.05, 3.63) is 65.7 Å². The number of benzene rings is 1. The van der Waals surface area contributed by atoms with Gasteiger partial charge >= 0.3 is 0 Å². The van der Waals surface area contributed by atoms with Gasteiger partial charge in [0.05, 0.1) is 0 Å². The fraction of sp³-hybridized carbons (Fsp3) is 0.263. The van der Waals surface area contributed by atoms with Gasteiger partial charge in [-0.2, -0.15) is 5.10 Å². The summed E-state index contributed by atoms with van der Waals surface area (Å²) < 4.78 is 1.72. The fourth-order valence-corrected chi connectivity index (χ4v) is 2.61. The molecule has 0 radical (unpaired) electrons. The van der Waals surface area contributed by atoms with Crippen LogP contribution < -0.4 is 5.32 Å². The number of hydrogen-bond acceptors (Lipinski definition) is 4. The lowest BCUT2D eigenvalue weighted by Crippen LogP contribution is -2.34. The van der Waals surface area contributed by atoms with E-state index in [0.29, 0.717) is 11.4 Å². The van der Waals surface area contributed by atoms with Crippen molar-refractivity contribution in [2.24, 2.45) is 7.05 Å². The Balaban J connectivity index is 1.71. The molecule has 0 saturated carbocycles. The van der Waals surface area contributed by atoms with Crippen molar-refractivity contribution in [1.29, 1.82) is 0 Å². The van der Waals surface area contributed by atoms with Gasteiger partial charge in [-0.1, -0.05) is 18.2 Å². The van der Waals surface area contributed by atoms with Gasteiger partial charge in [0.1, 0.15) is 5.82 Å². The summed E-state index contributed by atoms with van der Waals surface area (Å²) in [6.45, 7) is 3.88. The number of nitrogens with one attached hydrogen (secondary N) is 1. The second-order valence-corrected chi connectivity index (χ2v) is 6.13. The van der Waals surface area contributed by atoms with Crippen molar-refractivity contribution in [3.63, 3.8) is 0 Å². The lowest BCUT2D eigenvalue weighted by atomic mass is 10.1. The molecule has 0 spiro atoms. The van der Waals surface area contributed by atoms with Crippen molar-refractivity contribution in [2.75, 3.05) is 0 Å². The SMILES string of the molecule is Cc1nc(-c2cccc(C(=O)NC(C)Cc3cccnc3)c2)nn1C. The predicted molar refractivity (Wildman–Crippen MR) is 96.0 cm³/mol. The molecular formula is C19H21N5O. The Morgan fingerprint density at radius 2 is 2.12 bits per heavy atom. The molecule has 25 heavy (non-hydrogen) atoms. The van der Waals surface area contributed by atoms with Crippen molar-refractivity contribution >= 4 is 5.91 Å². The molecule has 1 aromatic carbocycles. The number of amides is 1. The molecule has 1 N–H and O–H groups in total. The summed E-state index contributed by atoms with van der Waals surface area (Å²) >= 11 is 0. The Morgan fingerprint density at radius 3 is 2.80 bits per heavy atom. The largest absolute Gasteiger partial charge is 0.349 e. The predicted octanol–water partition coefficient (Wildman–Crippen LogP) is 2.55. The van der Waals surface area contributed by atoms with Crippen molar-refractivity contribution in [3.8, 4) is 11.4 Å². The molecule has 2 aromatic heterocycles.